The minimum Gasteiger partial charge on any atom is -0.324 e. The van der Waals surface area contributed by atoms with Gasteiger partial charge in [0.1, 0.15) is 0 Å². The first kappa shape index (κ1) is 17.3. The molecule has 1 heterocycles. The van der Waals surface area contributed by atoms with E-state index in [9.17, 15) is 22.3 Å². The van der Waals surface area contributed by atoms with Crippen molar-refractivity contribution in [1.82, 2.24) is 0 Å². The molecular formula is C8H11F3NO6P2+. The fraction of sp³-hybridized carbons (Fsp3) is 0.375. The maximum absolute atomic E-state index is 12.3. The van der Waals surface area contributed by atoms with Crippen LogP contribution in [-0.4, -0.2) is 25.0 Å². The van der Waals surface area contributed by atoms with Crippen molar-refractivity contribution in [2.75, 3.05) is 0 Å². The van der Waals surface area contributed by atoms with Crippen molar-refractivity contribution in [3.63, 3.8) is 0 Å². The van der Waals surface area contributed by atoms with Gasteiger partial charge in [-0.25, -0.2) is 4.57 Å². The summed E-state index contributed by atoms with van der Waals surface area (Å²) in [4.78, 5) is 35.5. The number of rotatable bonds is 4. The molecule has 1 aromatic heterocycles. The van der Waals surface area contributed by atoms with E-state index in [0.717, 1.165) is 17.0 Å². The lowest BCUT2D eigenvalue weighted by molar-refractivity contribution is -0.694. The molecule has 0 amide bonds. The first-order valence-electron chi connectivity index (χ1n) is 4.98. The number of alkyl halides is 3. The van der Waals surface area contributed by atoms with E-state index in [2.05, 4.69) is 0 Å². The van der Waals surface area contributed by atoms with Crippen LogP contribution in [0.3, 0.4) is 0 Å². The highest BCUT2D eigenvalue weighted by molar-refractivity contribution is 7.70. The molecule has 20 heavy (non-hydrogen) atoms. The Hall–Kier alpha value is -0.760. The van der Waals surface area contributed by atoms with Crippen LogP contribution in [0.25, 0.3) is 0 Å². The highest BCUT2D eigenvalue weighted by Crippen LogP contribution is 2.59. The van der Waals surface area contributed by atoms with Gasteiger partial charge in [-0.05, 0) is 0 Å². The highest BCUT2D eigenvalue weighted by Gasteiger charge is 2.46. The Labute approximate surface area is 111 Å². The second-order valence-electron chi connectivity index (χ2n) is 3.94. The Balaban J connectivity index is 3.03. The SMILES string of the molecule is O=P(O)(O)C(C[n+]1ccc(C(F)(F)F)cc1)P(=O)(O)O. The Morgan fingerprint density at radius 1 is 1.05 bits per heavy atom. The zero-order valence-corrected chi connectivity index (χ0v) is 11.5. The molecule has 114 valence electrons. The van der Waals surface area contributed by atoms with Crippen LogP contribution in [0.5, 0.6) is 0 Å². The zero-order chi connectivity index (χ0) is 15.8. The van der Waals surface area contributed by atoms with Crippen LogP contribution in [0.15, 0.2) is 24.5 Å². The molecule has 0 aliphatic rings. The van der Waals surface area contributed by atoms with Crippen molar-refractivity contribution in [2.24, 2.45) is 0 Å². The Kier molecular flexibility index (Phi) is 4.80. The quantitative estimate of drug-likeness (QED) is 0.474. The van der Waals surface area contributed by atoms with Crippen molar-refractivity contribution in [2.45, 2.75) is 18.1 Å². The lowest BCUT2D eigenvalue weighted by Gasteiger charge is -2.16. The molecule has 1 rings (SSSR count). The fourth-order valence-corrected chi connectivity index (χ4v) is 3.74. The largest absolute Gasteiger partial charge is 0.416 e. The van der Waals surface area contributed by atoms with Crippen LogP contribution >= 0.6 is 15.2 Å². The molecule has 0 radical (unpaired) electrons. The molecule has 0 aliphatic heterocycles. The smallest absolute Gasteiger partial charge is 0.324 e. The normalized spacial score (nSPS) is 13.8. The summed E-state index contributed by atoms with van der Waals surface area (Å²) in [6.07, 6.45) is -2.91. The van der Waals surface area contributed by atoms with Gasteiger partial charge >= 0.3 is 21.4 Å². The average Bonchev–Trinajstić information content (AvgIpc) is 2.22. The van der Waals surface area contributed by atoms with Gasteiger partial charge in [0.05, 0.1) is 5.56 Å². The van der Waals surface area contributed by atoms with Crippen LogP contribution in [0.4, 0.5) is 13.2 Å². The summed E-state index contributed by atoms with van der Waals surface area (Å²) in [5.74, 6) is 0. The van der Waals surface area contributed by atoms with Gasteiger partial charge in [-0.3, -0.25) is 9.13 Å². The lowest BCUT2D eigenvalue weighted by Crippen LogP contribution is -2.39. The van der Waals surface area contributed by atoms with Gasteiger partial charge in [0, 0.05) is 12.1 Å². The number of aromatic nitrogens is 1. The third kappa shape index (κ3) is 4.66. The summed E-state index contributed by atoms with van der Waals surface area (Å²) in [6, 6.07) is 1.27. The van der Waals surface area contributed by atoms with E-state index in [4.69, 9.17) is 19.6 Å². The van der Waals surface area contributed by atoms with Crippen molar-refractivity contribution >= 4 is 15.2 Å². The number of hydrogen-bond acceptors (Lipinski definition) is 2. The molecule has 0 atom stereocenters. The maximum Gasteiger partial charge on any atom is 0.416 e. The van der Waals surface area contributed by atoms with Crippen molar-refractivity contribution in [1.29, 1.82) is 0 Å². The van der Waals surface area contributed by atoms with Crippen LogP contribution in [-0.2, 0) is 21.9 Å². The molecule has 0 saturated heterocycles. The first-order chi connectivity index (χ1) is 8.82. The molecule has 4 N–H and O–H groups in total. The van der Waals surface area contributed by atoms with Crippen LogP contribution in [0.2, 0.25) is 0 Å². The molecule has 0 saturated carbocycles. The van der Waals surface area contributed by atoms with E-state index in [1.54, 1.807) is 0 Å². The lowest BCUT2D eigenvalue weighted by atomic mass is 10.2. The van der Waals surface area contributed by atoms with Gasteiger partial charge < -0.3 is 19.6 Å². The Morgan fingerprint density at radius 3 is 1.75 bits per heavy atom. The highest BCUT2D eigenvalue weighted by atomic mass is 31.2. The molecule has 1 aromatic rings. The number of hydrogen-bond donors (Lipinski definition) is 4. The minimum absolute atomic E-state index is 0.635. The third-order valence-electron chi connectivity index (χ3n) is 2.37. The van der Waals surface area contributed by atoms with Gasteiger partial charge in [-0.2, -0.15) is 13.2 Å². The summed E-state index contributed by atoms with van der Waals surface area (Å²) in [7, 11) is -10.2. The van der Waals surface area contributed by atoms with Crippen LogP contribution < -0.4 is 4.57 Å². The summed E-state index contributed by atoms with van der Waals surface area (Å²) in [5.41, 5.74) is -0.988. The maximum atomic E-state index is 12.3. The van der Waals surface area contributed by atoms with Gasteiger partial charge in [0.15, 0.2) is 18.9 Å². The predicted molar refractivity (Wildman–Crippen MR) is 59.5 cm³/mol. The monoisotopic (exact) mass is 336 g/mol. The number of pyridine rings is 1. The molecule has 0 fully saturated rings. The first-order valence-corrected chi connectivity index (χ1v) is 8.35. The summed E-state index contributed by atoms with van der Waals surface area (Å²) >= 11 is 0. The van der Waals surface area contributed by atoms with E-state index in [1.807, 2.05) is 0 Å². The average molecular weight is 336 g/mol. The second-order valence-corrected chi connectivity index (χ2v) is 7.95. The zero-order valence-electron chi connectivity index (χ0n) is 9.67. The molecule has 0 aliphatic carbocycles. The molecule has 0 unspecified atom stereocenters. The second kappa shape index (κ2) is 5.55. The molecule has 0 bridgehead atoms. The van der Waals surface area contributed by atoms with Crippen molar-refractivity contribution < 1.29 is 46.4 Å². The molecule has 0 spiro atoms. The standard InChI is InChI=1S/C8H10F3NO6P2/c9-8(10,11)6-1-3-12(4-2-6)5-7(19(13,14)15)20(16,17)18/h1-4,7H,5H2,(H3-,13,14,15,16,17,18)/p+1. The summed E-state index contributed by atoms with van der Waals surface area (Å²) in [6.45, 7) is -0.813. The van der Waals surface area contributed by atoms with Crippen molar-refractivity contribution in [3.8, 4) is 0 Å². The van der Waals surface area contributed by atoms with Crippen LogP contribution in [0, 0.1) is 0 Å². The van der Waals surface area contributed by atoms with Gasteiger partial charge in [0.25, 0.3) is 0 Å². The minimum atomic E-state index is -5.11. The fourth-order valence-electron chi connectivity index (χ4n) is 1.37. The van der Waals surface area contributed by atoms with Gasteiger partial charge in [-0.1, -0.05) is 0 Å². The molecule has 12 heteroatoms. The van der Waals surface area contributed by atoms with E-state index >= 15 is 0 Å². The van der Waals surface area contributed by atoms with E-state index < -0.39 is 38.9 Å². The van der Waals surface area contributed by atoms with Gasteiger partial charge in [-0.15, -0.1) is 0 Å². The number of halogens is 3. The van der Waals surface area contributed by atoms with Gasteiger partial charge in [0.2, 0.25) is 5.40 Å². The van der Waals surface area contributed by atoms with Crippen LogP contribution in [0.1, 0.15) is 5.56 Å². The number of nitrogens with zero attached hydrogens (tertiary/aromatic N) is 1. The third-order valence-corrected chi connectivity index (χ3v) is 6.05. The predicted octanol–water partition coefficient (Wildman–Crippen LogP) is 0.674. The molecular weight excluding hydrogens is 325 g/mol. The Bertz CT molecular complexity index is 541. The Morgan fingerprint density at radius 2 is 1.45 bits per heavy atom. The van der Waals surface area contributed by atoms with E-state index in [-0.39, 0.29) is 0 Å². The summed E-state index contributed by atoms with van der Waals surface area (Å²) in [5, 5.41) is -2.31. The molecule has 0 aromatic carbocycles. The van der Waals surface area contributed by atoms with E-state index in [1.165, 1.54) is 0 Å². The molecule has 7 nitrogen and oxygen atoms in total. The summed E-state index contributed by atoms with van der Waals surface area (Å²) < 4.78 is 59.8. The van der Waals surface area contributed by atoms with E-state index in [0.29, 0.717) is 12.1 Å². The topological polar surface area (TPSA) is 119 Å². The van der Waals surface area contributed by atoms with Crippen molar-refractivity contribution in [3.05, 3.63) is 30.1 Å².